The van der Waals surface area contributed by atoms with Gasteiger partial charge < -0.3 is 10.6 Å². The molecule has 2 heterocycles. The first-order valence-electron chi connectivity index (χ1n) is 6.00. The van der Waals surface area contributed by atoms with Crippen LogP contribution in [0.1, 0.15) is 11.7 Å². The molecule has 4 nitrogen and oxygen atoms in total. The highest BCUT2D eigenvalue weighted by Crippen LogP contribution is 2.33. The van der Waals surface area contributed by atoms with E-state index in [0.717, 1.165) is 15.8 Å². The summed E-state index contributed by atoms with van der Waals surface area (Å²) < 4.78 is 0. The summed E-state index contributed by atoms with van der Waals surface area (Å²) in [6.45, 7) is 0. The van der Waals surface area contributed by atoms with Gasteiger partial charge in [0.1, 0.15) is 6.17 Å². The van der Waals surface area contributed by atoms with Gasteiger partial charge in [-0.1, -0.05) is 29.3 Å². The van der Waals surface area contributed by atoms with Crippen molar-refractivity contribution in [3.63, 3.8) is 0 Å². The second-order valence-electron chi connectivity index (χ2n) is 4.03. The molecule has 0 saturated carbocycles. The normalized spacial score (nSPS) is 10.8. The number of halogens is 2. The molecule has 0 aliphatic carbocycles. The molecule has 0 unspecified atom stereocenters. The first kappa shape index (κ1) is 14.6. The maximum atomic E-state index is 6.31. The monoisotopic (exact) mass is 356 g/mol. The van der Waals surface area contributed by atoms with Crippen LogP contribution in [-0.4, -0.2) is 9.97 Å². The maximum Gasteiger partial charge on any atom is 0.184 e. The summed E-state index contributed by atoms with van der Waals surface area (Å²) in [5.74, 6) is 0. The predicted molar refractivity (Wildman–Crippen MR) is 90.7 cm³/mol. The van der Waals surface area contributed by atoms with E-state index in [1.54, 1.807) is 12.4 Å². The minimum absolute atomic E-state index is 0.316. The first-order valence-corrected chi connectivity index (χ1v) is 8.51. The number of nitrogens with one attached hydrogen (secondary N) is 2. The molecule has 1 aromatic carbocycles. The zero-order valence-corrected chi connectivity index (χ0v) is 13.7. The third-order valence-corrected chi connectivity index (χ3v) is 4.76. The summed E-state index contributed by atoms with van der Waals surface area (Å²) in [7, 11) is 0. The van der Waals surface area contributed by atoms with Gasteiger partial charge in [-0.2, -0.15) is 0 Å². The van der Waals surface area contributed by atoms with E-state index in [2.05, 4.69) is 20.6 Å². The van der Waals surface area contributed by atoms with E-state index >= 15 is 0 Å². The van der Waals surface area contributed by atoms with Crippen molar-refractivity contribution in [2.24, 2.45) is 0 Å². The zero-order chi connectivity index (χ0) is 14.7. The van der Waals surface area contributed by atoms with Gasteiger partial charge in [0, 0.05) is 38.8 Å². The average Bonchev–Trinajstić information content (AvgIpc) is 3.12. The minimum atomic E-state index is -0.316. The van der Waals surface area contributed by atoms with Crippen LogP contribution in [-0.2, 0) is 0 Å². The van der Waals surface area contributed by atoms with E-state index in [1.165, 1.54) is 22.7 Å². The van der Waals surface area contributed by atoms with Crippen LogP contribution in [0, 0.1) is 0 Å². The lowest BCUT2D eigenvalue weighted by molar-refractivity contribution is 0.896. The summed E-state index contributed by atoms with van der Waals surface area (Å²) in [6.07, 6.45) is 3.16. The van der Waals surface area contributed by atoms with Gasteiger partial charge in [-0.25, -0.2) is 9.97 Å². The number of anilines is 2. The van der Waals surface area contributed by atoms with Crippen molar-refractivity contribution in [3.05, 3.63) is 57.0 Å². The minimum Gasteiger partial charge on any atom is -0.337 e. The van der Waals surface area contributed by atoms with Crippen LogP contribution in [0.2, 0.25) is 10.0 Å². The van der Waals surface area contributed by atoms with Crippen LogP contribution in [0.4, 0.5) is 10.3 Å². The number of rotatable bonds is 5. The van der Waals surface area contributed by atoms with Gasteiger partial charge in [-0.3, -0.25) is 0 Å². The topological polar surface area (TPSA) is 49.8 Å². The smallest absolute Gasteiger partial charge is 0.184 e. The van der Waals surface area contributed by atoms with E-state index in [-0.39, 0.29) is 6.17 Å². The number of thiazole rings is 2. The number of nitrogens with zero attached hydrogens (tertiary/aromatic N) is 2. The highest BCUT2D eigenvalue weighted by atomic mass is 35.5. The van der Waals surface area contributed by atoms with E-state index in [0.29, 0.717) is 10.0 Å². The fraction of sp³-hybridized carbons (Fsp3) is 0.0769. The van der Waals surface area contributed by atoms with Crippen molar-refractivity contribution >= 4 is 56.1 Å². The highest BCUT2D eigenvalue weighted by molar-refractivity contribution is 7.14. The van der Waals surface area contributed by atoms with Crippen LogP contribution in [0.3, 0.4) is 0 Å². The molecule has 8 heteroatoms. The second-order valence-corrected chi connectivity index (χ2v) is 6.64. The Morgan fingerprint density at radius 3 is 1.86 bits per heavy atom. The van der Waals surface area contributed by atoms with Crippen molar-refractivity contribution < 1.29 is 0 Å². The summed E-state index contributed by atoms with van der Waals surface area (Å²) in [6, 6.07) is 5.43. The second kappa shape index (κ2) is 6.62. The van der Waals surface area contributed by atoms with Crippen molar-refractivity contribution in [2.45, 2.75) is 6.17 Å². The number of hydrogen-bond acceptors (Lipinski definition) is 6. The van der Waals surface area contributed by atoms with Crippen LogP contribution >= 0.6 is 45.9 Å². The van der Waals surface area contributed by atoms with Crippen molar-refractivity contribution in [2.75, 3.05) is 10.6 Å². The summed E-state index contributed by atoms with van der Waals surface area (Å²) in [4.78, 5) is 8.47. The van der Waals surface area contributed by atoms with Gasteiger partial charge in [0.2, 0.25) is 0 Å². The number of benzene rings is 1. The van der Waals surface area contributed by atoms with Gasteiger partial charge >= 0.3 is 0 Å². The largest absolute Gasteiger partial charge is 0.337 e. The van der Waals surface area contributed by atoms with Gasteiger partial charge in [0.05, 0.1) is 0 Å². The molecule has 0 amide bonds. The Labute approximate surface area is 139 Å². The molecule has 108 valence electrons. The Morgan fingerprint density at radius 2 is 1.43 bits per heavy atom. The molecule has 0 spiro atoms. The molecule has 0 aliphatic heterocycles. The molecule has 0 atom stereocenters. The Kier molecular flexibility index (Phi) is 4.60. The summed E-state index contributed by atoms with van der Waals surface area (Å²) in [5, 5.41) is 13.1. The average molecular weight is 357 g/mol. The maximum absolute atomic E-state index is 6.31. The molecule has 0 aliphatic rings. The fourth-order valence-electron chi connectivity index (χ4n) is 1.80. The molecular weight excluding hydrogens is 347 g/mol. The highest BCUT2D eigenvalue weighted by Gasteiger charge is 2.19. The SMILES string of the molecule is Clc1cccc(Cl)c1C(Nc1nccs1)Nc1nccs1. The van der Waals surface area contributed by atoms with Crippen LogP contribution in [0.25, 0.3) is 0 Å². The third-order valence-electron chi connectivity index (χ3n) is 2.69. The van der Waals surface area contributed by atoms with Gasteiger partial charge in [0.15, 0.2) is 10.3 Å². The van der Waals surface area contributed by atoms with Crippen LogP contribution in [0.15, 0.2) is 41.4 Å². The van der Waals surface area contributed by atoms with Gasteiger partial charge in [-0.15, -0.1) is 22.7 Å². The lowest BCUT2D eigenvalue weighted by Crippen LogP contribution is -2.20. The van der Waals surface area contributed by atoms with Crippen molar-refractivity contribution in [3.8, 4) is 0 Å². The quantitative estimate of drug-likeness (QED) is 0.622. The molecule has 2 N–H and O–H groups in total. The zero-order valence-electron chi connectivity index (χ0n) is 10.6. The molecule has 3 aromatic rings. The van der Waals surface area contributed by atoms with E-state index in [1.807, 2.05) is 29.0 Å². The molecule has 0 fully saturated rings. The summed E-state index contributed by atoms with van der Waals surface area (Å²) >= 11 is 15.6. The molecule has 0 bridgehead atoms. The van der Waals surface area contributed by atoms with E-state index in [4.69, 9.17) is 23.2 Å². The van der Waals surface area contributed by atoms with E-state index in [9.17, 15) is 0 Å². The van der Waals surface area contributed by atoms with Crippen LogP contribution < -0.4 is 10.6 Å². The predicted octanol–water partition coefficient (Wildman–Crippen LogP) is 5.13. The Hall–Kier alpha value is -1.34. The molecular formula is C13H10Cl2N4S2. The number of hydrogen-bond donors (Lipinski definition) is 2. The Balaban J connectivity index is 1.94. The Bertz CT molecular complexity index is 645. The molecule has 0 radical (unpaired) electrons. The van der Waals surface area contributed by atoms with Crippen LogP contribution in [0.5, 0.6) is 0 Å². The fourth-order valence-corrected chi connectivity index (χ4v) is 3.54. The molecule has 0 saturated heterocycles. The first-order chi connectivity index (χ1) is 10.2. The Morgan fingerprint density at radius 1 is 0.905 bits per heavy atom. The molecule has 2 aromatic heterocycles. The summed E-state index contributed by atoms with van der Waals surface area (Å²) in [5.41, 5.74) is 0.770. The molecule has 21 heavy (non-hydrogen) atoms. The van der Waals surface area contributed by atoms with Crippen molar-refractivity contribution in [1.82, 2.24) is 9.97 Å². The third kappa shape index (κ3) is 3.47. The number of aromatic nitrogens is 2. The lowest BCUT2D eigenvalue weighted by Gasteiger charge is -2.22. The molecule has 3 rings (SSSR count). The lowest BCUT2D eigenvalue weighted by atomic mass is 10.1. The standard InChI is InChI=1S/C13H10Cl2N4S2/c14-8-2-1-3-9(15)10(8)11(18-12-16-4-6-20-12)19-13-17-5-7-21-13/h1-7,11H,(H,16,18)(H,17,19). The van der Waals surface area contributed by atoms with Gasteiger partial charge in [0.25, 0.3) is 0 Å². The van der Waals surface area contributed by atoms with E-state index < -0.39 is 0 Å². The van der Waals surface area contributed by atoms with Gasteiger partial charge in [-0.05, 0) is 12.1 Å². The van der Waals surface area contributed by atoms with Crippen molar-refractivity contribution in [1.29, 1.82) is 0 Å².